The van der Waals surface area contributed by atoms with Gasteiger partial charge in [0.25, 0.3) is 5.91 Å². The van der Waals surface area contributed by atoms with Crippen molar-refractivity contribution in [3.05, 3.63) is 47.0 Å². The summed E-state index contributed by atoms with van der Waals surface area (Å²) in [4.78, 5) is 11.5. The first kappa shape index (κ1) is 10.8. The summed E-state index contributed by atoms with van der Waals surface area (Å²) in [5.41, 5.74) is 1.59. The van der Waals surface area contributed by atoms with Crippen LogP contribution in [0, 0.1) is 0 Å². The first-order valence-corrected chi connectivity index (χ1v) is 5.79. The Labute approximate surface area is 97.5 Å². The maximum absolute atomic E-state index is 11.5. The summed E-state index contributed by atoms with van der Waals surface area (Å²) >= 11 is 1.18. The van der Waals surface area contributed by atoms with Crippen LogP contribution in [0.5, 0.6) is 0 Å². The van der Waals surface area contributed by atoms with Crippen LogP contribution in [-0.4, -0.2) is 22.0 Å². The van der Waals surface area contributed by atoms with Crippen molar-refractivity contribution >= 4 is 17.4 Å². The summed E-state index contributed by atoms with van der Waals surface area (Å²) in [6.45, 7) is 0.611. The van der Waals surface area contributed by atoms with E-state index in [1.807, 2.05) is 30.3 Å². The fourth-order valence-corrected chi connectivity index (χ4v) is 1.76. The van der Waals surface area contributed by atoms with Gasteiger partial charge >= 0.3 is 0 Å². The van der Waals surface area contributed by atoms with Crippen LogP contribution < -0.4 is 5.32 Å². The lowest BCUT2D eigenvalue weighted by Crippen LogP contribution is -2.25. The fourth-order valence-electron chi connectivity index (χ4n) is 1.32. The number of hydrogen-bond acceptors (Lipinski definition) is 4. The molecule has 1 aromatic heterocycles. The normalized spacial score (nSPS) is 10.0. The largest absolute Gasteiger partial charge is 0.350 e. The Morgan fingerprint density at radius 3 is 2.81 bits per heavy atom. The predicted molar refractivity (Wildman–Crippen MR) is 62.4 cm³/mol. The summed E-state index contributed by atoms with van der Waals surface area (Å²) in [5.74, 6) is -0.162. The molecule has 0 saturated carbocycles. The lowest BCUT2D eigenvalue weighted by molar-refractivity contribution is 0.0949. The summed E-state index contributed by atoms with van der Waals surface area (Å²) < 4.78 is 3.64. The van der Waals surface area contributed by atoms with Gasteiger partial charge in [0.2, 0.25) is 0 Å². The van der Waals surface area contributed by atoms with Crippen molar-refractivity contribution in [3.63, 3.8) is 0 Å². The van der Waals surface area contributed by atoms with Crippen LogP contribution >= 0.6 is 11.5 Å². The van der Waals surface area contributed by atoms with Crippen molar-refractivity contribution in [1.82, 2.24) is 14.9 Å². The Morgan fingerprint density at radius 1 is 1.31 bits per heavy atom. The van der Waals surface area contributed by atoms with E-state index in [-0.39, 0.29) is 5.91 Å². The second-order valence-electron chi connectivity index (χ2n) is 3.28. The van der Waals surface area contributed by atoms with Crippen LogP contribution in [0.3, 0.4) is 0 Å². The molecular weight excluding hydrogens is 222 g/mol. The van der Waals surface area contributed by atoms with Gasteiger partial charge in [-0.3, -0.25) is 4.79 Å². The summed E-state index contributed by atoms with van der Waals surface area (Å²) in [7, 11) is 0. The second kappa shape index (κ2) is 5.37. The summed E-state index contributed by atoms with van der Waals surface area (Å²) in [6.07, 6.45) is 0.824. The van der Waals surface area contributed by atoms with E-state index in [2.05, 4.69) is 14.9 Å². The van der Waals surface area contributed by atoms with E-state index in [1.54, 1.807) is 5.38 Å². The van der Waals surface area contributed by atoms with Gasteiger partial charge in [-0.15, -0.1) is 5.10 Å². The van der Waals surface area contributed by atoms with E-state index < -0.39 is 0 Å². The van der Waals surface area contributed by atoms with Crippen LogP contribution in [0.25, 0.3) is 0 Å². The Morgan fingerprint density at radius 2 is 2.12 bits per heavy atom. The molecule has 1 N–H and O–H groups in total. The predicted octanol–water partition coefficient (Wildman–Crippen LogP) is 1.51. The molecule has 1 heterocycles. The molecule has 2 rings (SSSR count). The fraction of sp³-hybridized carbons (Fsp3) is 0.182. The Bertz CT molecular complexity index is 442. The number of nitrogens with zero attached hydrogens (tertiary/aromatic N) is 2. The molecule has 0 radical (unpaired) electrons. The third-order valence-electron chi connectivity index (χ3n) is 2.13. The van der Waals surface area contributed by atoms with Gasteiger partial charge in [-0.1, -0.05) is 34.8 Å². The molecule has 0 aliphatic heterocycles. The highest BCUT2D eigenvalue weighted by Gasteiger charge is 2.06. The molecule has 0 aliphatic rings. The number of benzene rings is 1. The van der Waals surface area contributed by atoms with Gasteiger partial charge in [-0.2, -0.15) is 0 Å². The molecule has 0 fully saturated rings. The van der Waals surface area contributed by atoms with E-state index in [1.165, 1.54) is 17.1 Å². The SMILES string of the molecule is O=C(NCCc1ccccc1)c1csnn1. The highest BCUT2D eigenvalue weighted by atomic mass is 32.1. The van der Waals surface area contributed by atoms with E-state index in [4.69, 9.17) is 0 Å². The van der Waals surface area contributed by atoms with Crippen molar-refractivity contribution in [1.29, 1.82) is 0 Å². The third-order valence-corrected chi connectivity index (χ3v) is 2.64. The van der Waals surface area contributed by atoms with Crippen LogP contribution in [-0.2, 0) is 6.42 Å². The minimum Gasteiger partial charge on any atom is -0.350 e. The Hall–Kier alpha value is -1.75. The summed E-state index contributed by atoms with van der Waals surface area (Å²) in [5, 5.41) is 8.13. The molecular formula is C11H11N3OS. The topological polar surface area (TPSA) is 54.9 Å². The first-order chi connectivity index (χ1) is 7.86. The molecule has 1 amide bonds. The van der Waals surface area contributed by atoms with Gasteiger partial charge in [-0.25, -0.2) is 0 Å². The lowest BCUT2D eigenvalue weighted by Gasteiger charge is -2.02. The van der Waals surface area contributed by atoms with Crippen LogP contribution in [0.1, 0.15) is 16.1 Å². The zero-order chi connectivity index (χ0) is 11.2. The van der Waals surface area contributed by atoms with Crippen molar-refractivity contribution in [2.24, 2.45) is 0 Å². The third kappa shape index (κ3) is 2.87. The van der Waals surface area contributed by atoms with E-state index in [9.17, 15) is 4.79 Å². The standard InChI is InChI=1S/C11H11N3OS/c15-11(10-8-16-14-13-10)12-7-6-9-4-2-1-3-5-9/h1-5,8H,6-7H2,(H,12,15). The molecule has 0 unspecified atom stereocenters. The van der Waals surface area contributed by atoms with Crippen molar-refractivity contribution in [2.75, 3.05) is 6.54 Å². The van der Waals surface area contributed by atoms with Crippen LogP contribution in [0.4, 0.5) is 0 Å². The number of carbonyl (C=O) groups excluding carboxylic acids is 1. The zero-order valence-corrected chi connectivity index (χ0v) is 9.41. The molecule has 1 aromatic carbocycles. The highest BCUT2D eigenvalue weighted by Crippen LogP contribution is 1.99. The van der Waals surface area contributed by atoms with E-state index >= 15 is 0 Å². The average Bonchev–Trinajstić information content (AvgIpc) is 2.84. The first-order valence-electron chi connectivity index (χ1n) is 4.95. The minimum atomic E-state index is -0.162. The number of rotatable bonds is 4. The minimum absolute atomic E-state index is 0.162. The van der Waals surface area contributed by atoms with Crippen LogP contribution in [0.2, 0.25) is 0 Å². The summed E-state index contributed by atoms with van der Waals surface area (Å²) in [6, 6.07) is 10.0. The molecule has 0 atom stereocenters. The highest BCUT2D eigenvalue weighted by molar-refractivity contribution is 7.03. The van der Waals surface area contributed by atoms with Crippen molar-refractivity contribution < 1.29 is 4.79 Å². The lowest BCUT2D eigenvalue weighted by atomic mass is 10.1. The average molecular weight is 233 g/mol. The van der Waals surface area contributed by atoms with Gasteiger partial charge in [0.15, 0.2) is 5.69 Å². The zero-order valence-electron chi connectivity index (χ0n) is 8.59. The maximum Gasteiger partial charge on any atom is 0.272 e. The number of hydrogen-bond donors (Lipinski definition) is 1. The molecule has 82 valence electrons. The monoisotopic (exact) mass is 233 g/mol. The molecule has 2 aromatic rings. The van der Waals surface area contributed by atoms with Gasteiger partial charge < -0.3 is 5.32 Å². The quantitative estimate of drug-likeness (QED) is 0.871. The second-order valence-corrected chi connectivity index (χ2v) is 3.89. The van der Waals surface area contributed by atoms with E-state index in [0.717, 1.165) is 6.42 Å². The van der Waals surface area contributed by atoms with Gasteiger partial charge in [0.05, 0.1) is 0 Å². The number of aromatic nitrogens is 2. The molecule has 5 heteroatoms. The Balaban J connectivity index is 1.79. The number of carbonyl (C=O) groups is 1. The van der Waals surface area contributed by atoms with Gasteiger partial charge in [0.1, 0.15) is 0 Å². The maximum atomic E-state index is 11.5. The smallest absolute Gasteiger partial charge is 0.272 e. The number of nitrogens with one attached hydrogen (secondary N) is 1. The van der Waals surface area contributed by atoms with Gasteiger partial charge in [-0.05, 0) is 23.5 Å². The Kier molecular flexibility index (Phi) is 3.61. The number of amides is 1. The van der Waals surface area contributed by atoms with E-state index in [0.29, 0.717) is 12.2 Å². The molecule has 16 heavy (non-hydrogen) atoms. The van der Waals surface area contributed by atoms with Crippen molar-refractivity contribution in [2.45, 2.75) is 6.42 Å². The van der Waals surface area contributed by atoms with Crippen LogP contribution in [0.15, 0.2) is 35.7 Å². The van der Waals surface area contributed by atoms with Gasteiger partial charge in [0, 0.05) is 11.9 Å². The molecule has 0 bridgehead atoms. The molecule has 0 spiro atoms. The molecule has 0 saturated heterocycles. The molecule has 0 aliphatic carbocycles. The molecule has 4 nitrogen and oxygen atoms in total. The van der Waals surface area contributed by atoms with Crippen molar-refractivity contribution in [3.8, 4) is 0 Å².